The Balaban J connectivity index is 2.05. The first-order valence-corrected chi connectivity index (χ1v) is 8.46. The van der Waals surface area contributed by atoms with Crippen molar-refractivity contribution < 1.29 is 4.39 Å². The second kappa shape index (κ2) is 9.35. The molecule has 1 N–H and O–H groups in total. The van der Waals surface area contributed by atoms with Crippen molar-refractivity contribution in [3.8, 4) is 0 Å². The van der Waals surface area contributed by atoms with Gasteiger partial charge in [-0.1, -0.05) is 42.5 Å². The molecule has 0 atom stereocenters. The molecule has 0 radical (unpaired) electrons. The van der Waals surface area contributed by atoms with E-state index < -0.39 is 0 Å². The number of nitrogens with zero attached hydrogens (tertiary/aromatic N) is 2. The Morgan fingerprint density at radius 2 is 1.67 bits per heavy atom. The number of rotatable bonds is 7. The van der Waals surface area contributed by atoms with E-state index in [-0.39, 0.29) is 5.82 Å². The fraction of sp³-hybridized carbons (Fsp3) is 0.316. The lowest BCUT2D eigenvalue weighted by atomic mass is 10.2. The molecule has 0 bridgehead atoms. The van der Waals surface area contributed by atoms with E-state index in [9.17, 15) is 4.39 Å². The van der Waals surface area contributed by atoms with Gasteiger partial charge in [-0.2, -0.15) is 0 Å². The van der Waals surface area contributed by atoms with Crippen molar-refractivity contribution in [1.29, 1.82) is 0 Å². The van der Waals surface area contributed by atoms with Gasteiger partial charge >= 0.3 is 0 Å². The number of para-hydroxylation sites is 1. The molecule has 2 aromatic carbocycles. The minimum atomic E-state index is -0.298. The van der Waals surface area contributed by atoms with Crippen LogP contribution in [0.25, 0.3) is 0 Å². The van der Waals surface area contributed by atoms with Gasteiger partial charge in [0.2, 0.25) is 0 Å². The van der Waals surface area contributed by atoms with Crippen molar-refractivity contribution >= 4 is 23.0 Å². The maximum atomic E-state index is 13.9. The second-order valence-electron chi connectivity index (χ2n) is 5.97. The number of benzene rings is 2. The summed E-state index contributed by atoms with van der Waals surface area (Å²) in [5, 5.41) is 3.58. The Morgan fingerprint density at radius 3 is 2.33 bits per heavy atom. The predicted molar refractivity (Wildman–Crippen MR) is 103 cm³/mol. The van der Waals surface area contributed by atoms with Crippen LogP contribution in [0.5, 0.6) is 0 Å². The van der Waals surface area contributed by atoms with Gasteiger partial charge < -0.3 is 15.1 Å². The Labute approximate surface area is 149 Å². The number of hydrogen-bond acceptors (Lipinski definition) is 2. The van der Waals surface area contributed by atoms with E-state index in [4.69, 9.17) is 12.2 Å². The Bertz CT molecular complexity index is 646. The molecule has 0 saturated carbocycles. The van der Waals surface area contributed by atoms with Crippen molar-refractivity contribution in [1.82, 2.24) is 9.80 Å². The molecule has 2 rings (SSSR count). The molecular formula is C19H24FN3S. The third-order valence-corrected chi connectivity index (χ3v) is 4.01. The van der Waals surface area contributed by atoms with Gasteiger partial charge in [0.05, 0.1) is 5.69 Å². The maximum Gasteiger partial charge on any atom is 0.173 e. The first-order valence-electron chi connectivity index (χ1n) is 8.05. The van der Waals surface area contributed by atoms with E-state index in [2.05, 4.69) is 41.3 Å². The van der Waals surface area contributed by atoms with Gasteiger partial charge in [-0.05, 0) is 57.0 Å². The van der Waals surface area contributed by atoms with E-state index >= 15 is 0 Å². The maximum absolute atomic E-state index is 13.9. The van der Waals surface area contributed by atoms with Crippen molar-refractivity contribution in [3.05, 3.63) is 66.0 Å². The van der Waals surface area contributed by atoms with Crippen molar-refractivity contribution in [3.63, 3.8) is 0 Å². The molecule has 3 nitrogen and oxygen atoms in total. The normalized spacial score (nSPS) is 10.7. The fourth-order valence-electron chi connectivity index (χ4n) is 2.39. The van der Waals surface area contributed by atoms with Crippen molar-refractivity contribution in [2.24, 2.45) is 0 Å². The van der Waals surface area contributed by atoms with E-state index in [1.807, 2.05) is 18.2 Å². The van der Waals surface area contributed by atoms with Crippen LogP contribution in [0.2, 0.25) is 0 Å². The molecule has 0 aliphatic heterocycles. The number of nitrogens with one attached hydrogen (secondary N) is 1. The molecule has 128 valence electrons. The average Bonchev–Trinajstić information content (AvgIpc) is 2.56. The third kappa shape index (κ3) is 5.91. The smallest absolute Gasteiger partial charge is 0.173 e. The number of thiocarbonyl (C=S) groups is 1. The van der Waals surface area contributed by atoms with Crippen LogP contribution in [-0.4, -0.2) is 42.1 Å². The van der Waals surface area contributed by atoms with E-state index in [1.54, 1.807) is 18.2 Å². The first-order chi connectivity index (χ1) is 11.6. The predicted octanol–water partition coefficient (Wildman–Crippen LogP) is 3.98. The molecule has 0 amide bonds. The zero-order chi connectivity index (χ0) is 17.4. The van der Waals surface area contributed by atoms with Gasteiger partial charge in [0.1, 0.15) is 5.82 Å². The number of halogens is 1. The van der Waals surface area contributed by atoms with E-state index in [1.165, 1.54) is 11.6 Å². The molecule has 0 aromatic heterocycles. The first kappa shape index (κ1) is 18.4. The molecule has 0 spiro atoms. The molecular weight excluding hydrogens is 321 g/mol. The lowest BCUT2D eigenvalue weighted by molar-refractivity contribution is 0.346. The van der Waals surface area contributed by atoms with Crippen LogP contribution in [0, 0.1) is 5.82 Å². The summed E-state index contributed by atoms with van der Waals surface area (Å²) in [6.45, 7) is 2.50. The Hall–Kier alpha value is -1.98. The standard InChI is InChI=1S/C19H24FN3S/c1-22(2)13-8-14-23(15-16-9-4-3-5-10-16)19(24)21-18-12-7-6-11-17(18)20/h3-7,9-12H,8,13-15H2,1-2H3,(H,21,24). The lowest BCUT2D eigenvalue weighted by Gasteiger charge is -2.27. The minimum Gasteiger partial charge on any atom is -0.345 e. The summed E-state index contributed by atoms with van der Waals surface area (Å²) in [6, 6.07) is 16.8. The van der Waals surface area contributed by atoms with Crippen LogP contribution >= 0.6 is 12.2 Å². The molecule has 24 heavy (non-hydrogen) atoms. The van der Waals surface area contributed by atoms with Crippen LogP contribution in [0.1, 0.15) is 12.0 Å². The van der Waals surface area contributed by atoms with Crippen LogP contribution in [-0.2, 0) is 6.54 Å². The summed E-state index contributed by atoms with van der Waals surface area (Å²) in [5.74, 6) is -0.298. The zero-order valence-corrected chi connectivity index (χ0v) is 15.0. The highest BCUT2D eigenvalue weighted by Crippen LogP contribution is 2.14. The van der Waals surface area contributed by atoms with Gasteiger partial charge in [0.25, 0.3) is 0 Å². The summed E-state index contributed by atoms with van der Waals surface area (Å²) >= 11 is 5.53. The highest BCUT2D eigenvalue weighted by molar-refractivity contribution is 7.80. The van der Waals surface area contributed by atoms with Crippen molar-refractivity contribution in [2.45, 2.75) is 13.0 Å². The van der Waals surface area contributed by atoms with Gasteiger partial charge in [-0.3, -0.25) is 0 Å². The summed E-state index contributed by atoms with van der Waals surface area (Å²) in [6.07, 6.45) is 0.985. The Morgan fingerprint density at radius 1 is 1.00 bits per heavy atom. The minimum absolute atomic E-state index is 0.298. The molecule has 0 fully saturated rings. The van der Waals surface area contributed by atoms with Crippen LogP contribution in [0.4, 0.5) is 10.1 Å². The molecule has 5 heteroatoms. The fourth-order valence-corrected chi connectivity index (χ4v) is 2.66. The molecule has 2 aromatic rings. The van der Waals surface area contributed by atoms with Gasteiger partial charge in [0, 0.05) is 13.1 Å². The van der Waals surface area contributed by atoms with Gasteiger partial charge in [0.15, 0.2) is 5.11 Å². The lowest BCUT2D eigenvalue weighted by Crippen LogP contribution is -2.36. The zero-order valence-electron chi connectivity index (χ0n) is 14.2. The second-order valence-corrected chi connectivity index (χ2v) is 6.36. The number of hydrogen-bond donors (Lipinski definition) is 1. The highest BCUT2D eigenvalue weighted by Gasteiger charge is 2.12. The van der Waals surface area contributed by atoms with Crippen LogP contribution in [0.3, 0.4) is 0 Å². The molecule has 0 aliphatic carbocycles. The van der Waals surface area contributed by atoms with Gasteiger partial charge in [-0.15, -0.1) is 0 Å². The van der Waals surface area contributed by atoms with Crippen LogP contribution < -0.4 is 5.32 Å². The molecule has 0 aliphatic rings. The average molecular weight is 345 g/mol. The Kier molecular flexibility index (Phi) is 7.15. The monoisotopic (exact) mass is 345 g/mol. The van der Waals surface area contributed by atoms with Crippen molar-refractivity contribution in [2.75, 3.05) is 32.5 Å². The number of anilines is 1. The SMILES string of the molecule is CN(C)CCCN(Cc1ccccc1)C(=S)Nc1ccccc1F. The quantitative estimate of drug-likeness (QED) is 0.765. The van der Waals surface area contributed by atoms with Gasteiger partial charge in [-0.25, -0.2) is 4.39 Å². The van der Waals surface area contributed by atoms with E-state index in [0.29, 0.717) is 17.3 Å². The molecule has 0 unspecified atom stereocenters. The highest BCUT2D eigenvalue weighted by atomic mass is 32.1. The largest absolute Gasteiger partial charge is 0.345 e. The summed E-state index contributed by atoms with van der Waals surface area (Å²) < 4.78 is 13.9. The molecule has 0 heterocycles. The molecule has 0 saturated heterocycles. The summed E-state index contributed by atoms with van der Waals surface area (Å²) in [7, 11) is 4.11. The third-order valence-electron chi connectivity index (χ3n) is 3.65. The van der Waals surface area contributed by atoms with Crippen LogP contribution in [0.15, 0.2) is 54.6 Å². The summed E-state index contributed by atoms with van der Waals surface area (Å²) in [4.78, 5) is 4.23. The van der Waals surface area contributed by atoms with E-state index in [0.717, 1.165) is 19.5 Å². The summed E-state index contributed by atoms with van der Waals surface area (Å²) in [5.41, 5.74) is 1.59. The topological polar surface area (TPSA) is 18.5 Å².